The van der Waals surface area contributed by atoms with E-state index < -0.39 is 17.8 Å². The highest BCUT2D eigenvalue weighted by Crippen LogP contribution is 2.13. The molecule has 0 aromatic heterocycles. The van der Waals surface area contributed by atoms with Crippen LogP contribution < -0.4 is 10.6 Å². The molecule has 0 unspecified atom stereocenters. The summed E-state index contributed by atoms with van der Waals surface area (Å²) in [5.74, 6) is -0.164. The van der Waals surface area contributed by atoms with Crippen LogP contribution in [0.15, 0.2) is 54.6 Å². The molecule has 0 spiro atoms. The Hall–Kier alpha value is -3.35. The molecule has 0 saturated heterocycles. The number of carbonyl (C=O) groups is 3. The van der Waals surface area contributed by atoms with Crippen LogP contribution in [-0.2, 0) is 16.1 Å². The average Bonchev–Trinajstić information content (AvgIpc) is 2.66. The molecule has 0 aliphatic rings. The predicted molar refractivity (Wildman–Crippen MR) is 110 cm³/mol. The number of ketones is 1. The maximum absolute atomic E-state index is 12.3. The summed E-state index contributed by atoms with van der Waals surface area (Å²) in [5, 5.41) is 5.15. The molecule has 2 N–H and O–H groups in total. The number of amides is 2. The number of Topliss-reactive ketones (excluding diaryl/α,β-unsaturated/α-hetero) is 1. The maximum atomic E-state index is 12.3. The van der Waals surface area contributed by atoms with Gasteiger partial charge in [-0.2, -0.15) is 0 Å². The number of hydrogen-bond acceptors (Lipinski definition) is 5. The lowest BCUT2D eigenvalue weighted by molar-refractivity contribution is 0.0527. The van der Waals surface area contributed by atoms with Gasteiger partial charge in [0, 0.05) is 24.2 Å². The van der Waals surface area contributed by atoms with Gasteiger partial charge in [0.05, 0.1) is 0 Å². The van der Waals surface area contributed by atoms with Crippen molar-refractivity contribution in [3.63, 3.8) is 0 Å². The van der Waals surface area contributed by atoms with E-state index in [2.05, 4.69) is 10.6 Å². The van der Waals surface area contributed by atoms with Gasteiger partial charge in [0.25, 0.3) is 0 Å². The van der Waals surface area contributed by atoms with Gasteiger partial charge >= 0.3 is 12.2 Å². The molecule has 7 heteroatoms. The number of hydrogen-bond donors (Lipinski definition) is 2. The fraction of sp³-hybridized carbons (Fsp3) is 0.318. The molecule has 154 valence electrons. The van der Waals surface area contributed by atoms with Crippen LogP contribution in [0.4, 0.5) is 15.3 Å². The van der Waals surface area contributed by atoms with Crippen LogP contribution >= 0.6 is 0 Å². The van der Waals surface area contributed by atoms with Crippen LogP contribution in [0.1, 0.15) is 43.1 Å². The largest absolute Gasteiger partial charge is 0.444 e. The first kappa shape index (κ1) is 21.9. The van der Waals surface area contributed by atoms with E-state index in [0.717, 1.165) is 5.56 Å². The highest BCUT2D eigenvalue weighted by atomic mass is 16.6. The summed E-state index contributed by atoms with van der Waals surface area (Å²) in [7, 11) is 0. The van der Waals surface area contributed by atoms with Crippen molar-refractivity contribution >= 4 is 23.7 Å². The summed E-state index contributed by atoms with van der Waals surface area (Å²) < 4.78 is 10.3. The first-order valence-corrected chi connectivity index (χ1v) is 9.31. The number of rotatable bonds is 7. The zero-order valence-electron chi connectivity index (χ0n) is 16.9. The molecular weight excluding hydrogens is 372 g/mol. The summed E-state index contributed by atoms with van der Waals surface area (Å²) in [6.45, 7) is 5.61. The van der Waals surface area contributed by atoms with E-state index >= 15 is 0 Å². The molecule has 2 aromatic rings. The van der Waals surface area contributed by atoms with Gasteiger partial charge in [-0.25, -0.2) is 9.59 Å². The fourth-order valence-corrected chi connectivity index (χ4v) is 2.38. The molecule has 0 fully saturated rings. The number of nitrogens with one attached hydrogen (secondary N) is 2. The normalized spacial score (nSPS) is 10.7. The Morgan fingerprint density at radius 3 is 2.34 bits per heavy atom. The minimum atomic E-state index is -0.606. The van der Waals surface area contributed by atoms with E-state index in [0.29, 0.717) is 11.3 Å². The fourth-order valence-electron chi connectivity index (χ4n) is 2.38. The highest BCUT2D eigenvalue weighted by Gasteiger charge is 2.16. The SMILES string of the molecule is CC(C)(C)OC(=O)NCCC(=O)c1cccc(NC(=O)OCc2ccccc2)c1. The van der Waals surface area contributed by atoms with E-state index in [9.17, 15) is 14.4 Å². The van der Waals surface area contributed by atoms with Crippen molar-refractivity contribution < 1.29 is 23.9 Å². The standard InChI is InChI=1S/C22H26N2O5/c1-22(2,3)29-20(26)23-13-12-19(25)17-10-7-11-18(14-17)24-21(27)28-15-16-8-5-4-6-9-16/h4-11,14H,12-13,15H2,1-3H3,(H,23,26)(H,24,27). The molecule has 2 aromatic carbocycles. The monoisotopic (exact) mass is 398 g/mol. The first-order chi connectivity index (χ1) is 13.7. The van der Waals surface area contributed by atoms with Crippen molar-refractivity contribution in [2.24, 2.45) is 0 Å². The zero-order valence-corrected chi connectivity index (χ0v) is 16.9. The molecule has 0 radical (unpaired) electrons. The smallest absolute Gasteiger partial charge is 0.411 e. The van der Waals surface area contributed by atoms with Gasteiger partial charge in [-0.1, -0.05) is 42.5 Å². The van der Waals surface area contributed by atoms with Crippen molar-refractivity contribution in [1.29, 1.82) is 0 Å². The van der Waals surface area contributed by atoms with Gasteiger partial charge in [-0.05, 0) is 38.5 Å². The Bertz CT molecular complexity index is 844. The van der Waals surface area contributed by atoms with Crippen molar-refractivity contribution in [3.05, 3.63) is 65.7 Å². The minimum Gasteiger partial charge on any atom is -0.444 e. The molecule has 0 heterocycles. The van der Waals surface area contributed by atoms with Gasteiger partial charge in [0.2, 0.25) is 0 Å². The third-order valence-corrected chi connectivity index (χ3v) is 3.66. The summed E-state index contributed by atoms with van der Waals surface area (Å²) in [6.07, 6.45) is -1.06. The first-order valence-electron chi connectivity index (χ1n) is 9.31. The molecular formula is C22H26N2O5. The highest BCUT2D eigenvalue weighted by molar-refractivity contribution is 5.98. The minimum absolute atomic E-state index is 0.112. The van der Waals surface area contributed by atoms with Gasteiger partial charge in [0.1, 0.15) is 12.2 Å². The Labute approximate surface area is 170 Å². The van der Waals surface area contributed by atoms with Crippen LogP contribution in [-0.4, -0.2) is 30.1 Å². The Morgan fingerprint density at radius 1 is 0.931 bits per heavy atom. The van der Waals surface area contributed by atoms with Crippen LogP contribution in [0.5, 0.6) is 0 Å². The van der Waals surface area contributed by atoms with Crippen LogP contribution in [0, 0.1) is 0 Å². The average molecular weight is 398 g/mol. The zero-order chi connectivity index (χ0) is 21.3. The molecule has 0 bridgehead atoms. The van der Waals surface area contributed by atoms with E-state index in [-0.39, 0.29) is 25.4 Å². The number of benzene rings is 2. The van der Waals surface area contributed by atoms with Crippen molar-refractivity contribution in [1.82, 2.24) is 5.32 Å². The quantitative estimate of drug-likeness (QED) is 0.668. The second-order valence-electron chi connectivity index (χ2n) is 7.37. The van der Waals surface area contributed by atoms with E-state index in [1.54, 1.807) is 45.0 Å². The lowest BCUT2D eigenvalue weighted by Gasteiger charge is -2.19. The number of anilines is 1. The Morgan fingerprint density at radius 2 is 1.66 bits per heavy atom. The Kier molecular flexibility index (Phi) is 7.77. The lowest BCUT2D eigenvalue weighted by Crippen LogP contribution is -2.33. The van der Waals surface area contributed by atoms with Crippen molar-refractivity contribution in [2.75, 3.05) is 11.9 Å². The maximum Gasteiger partial charge on any atom is 0.411 e. The topological polar surface area (TPSA) is 93.7 Å². The molecule has 2 amide bonds. The molecule has 0 aliphatic carbocycles. The lowest BCUT2D eigenvalue weighted by atomic mass is 10.1. The van der Waals surface area contributed by atoms with E-state index in [4.69, 9.17) is 9.47 Å². The molecule has 0 aliphatic heterocycles. The van der Waals surface area contributed by atoms with E-state index in [1.807, 2.05) is 30.3 Å². The third-order valence-electron chi connectivity index (χ3n) is 3.66. The van der Waals surface area contributed by atoms with Crippen LogP contribution in [0.25, 0.3) is 0 Å². The summed E-state index contributed by atoms with van der Waals surface area (Å²) >= 11 is 0. The van der Waals surface area contributed by atoms with Gasteiger partial charge in [-0.3, -0.25) is 10.1 Å². The molecule has 29 heavy (non-hydrogen) atoms. The van der Waals surface area contributed by atoms with Crippen molar-refractivity contribution in [2.45, 2.75) is 39.4 Å². The molecule has 2 rings (SSSR count). The summed E-state index contributed by atoms with van der Waals surface area (Å²) in [4.78, 5) is 35.9. The van der Waals surface area contributed by atoms with Gasteiger partial charge in [0.15, 0.2) is 5.78 Å². The van der Waals surface area contributed by atoms with E-state index in [1.165, 1.54) is 0 Å². The van der Waals surface area contributed by atoms with Crippen LogP contribution in [0.2, 0.25) is 0 Å². The van der Waals surface area contributed by atoms with Crippen molar-refractivity contribution in [3.8, 4) is 0 Å². The number of carbonyl (C=O) groups excluding carboxylic acids is 3. The molecule has 0 saturated carbocycles. The number of ether oxygens (including phenoxy) is 2. The third kappa shape index (κ3) is 8.47. The summed E-state index contributed by atoms with van der Waals surface area (Å²) in [6, 6.07) is 15.9. The second kappa shape index (κ2) is 10.3. The number of alkyl carbamates (subject to hydrolysis) is 1. The molecule has 0 atom stereocenters. The van der Waals surface area contributed by atoms with Gasteiger partial charge < -0.3 is 14.8 Å². The van der Waals surface area contributed by atoms with Gasteiger partial charge in [-0.15, -0.1) is 0 Å². The Balaban J connectivity index is 1.81. The summed E-state index contributed by atoms with van der Waals surface area (Å²) in [5.41, 5.74) is 1.17. The second-order valence-corrected chi connectivity index (χ2v) is 7.37. The molecule has 7 nitrogen and oxygen atoms in total. The van der Waals surface area contributed by atoms with Crippen LogP contribution in [0.3, 0.4) is 0 Å². The predicted octanol–water partition coefficient (Wildman–Crippen LogP) is 4.53.